The highest BCUT2D eigenvalue weighted by Gasteiger charge is 2.09. The van der Waals surface area contributed by atoms with Gasteiger partial charge in [-0.1, -0.05) is 42.5 Å². The van der Waals surface area contributed by atoms with Gasteiger partial charge in [0.25, 0.3) is 0 Å². The Morgan fingerprint density at radius 3 is 2.71 bits per heavy atom. The standard InChI is InChI=1S/C18H19NO2/c1-20-17-9-5-8-16-15(13-21-18(16)17)10-11-19-12-14-6-3-2-4-7-14/h2-9,13,19H,10-12H2,1H3. The molecular formula is C18H19NO2. The van der Waals surface area contributed by atoms with Gasteiger partial charge in [-0.05, 0) is 30.2 Å². The Hall–Kier alpha value is -2.26. The smallest absolute Gasteiger partial charge is 0.175 e. The van der Waals surface area contributed by atoms with Crippen molar-refractivity contribution in [3.63, 3.8) is 0 Å². The first kappa shape index (κ1) is 13.7. The van der Waals surface area contributed by atoms with Crippen LogP contribution in [0, 0.1) is 0 Å². The molecule has 0 unspecified atom stereocenters. The van der Waals surface area contributed by atoms with Crippen LogP contribution in [0.2, 0.25) is 0 Å². The van der Waals surface area contributed by atoms with Gasteiger partial charge in [-0.2, -0.15) is 0 Å². The van der Waals surface area contributed by atoms with E-state index < -0.39 is 0 Å². The van der Waals surface area contributed by atoms with Gasteiger partial charge in [0.15, 0.2) is 11.3 Å². The van der Waals surface area contributed by atoms with Gasteiger partial charge in [0, 0.05) is 11.9 Å². The molecule has 0 saturated carbocycles. The summed E-state index contributed by atoms with van der Waals surface area (Å²) in [5.74, 6) is 0.788. The normalized spacial score (nSPS) is 10.9. The second-order valence-electron chi connectivity index (χ2n) is 5.01. The number of hydrogen-bond donors (Lipinski definition) is 1. The highest BCUT2D eigenvalue weighted by molar-refractivity contribution is 5.86. The molecule has 0 aliphatic heterocycles. The Labute approximate surface area is 124 Å². The minimum absolute atomic E-state index is 0.788. The van der Waals surface area contributed by atoms with Gasteiger partial charge in [-0.3, -0.25) is 0 Å². The summed E-state index contributed by atoms with van der Waals surface area (Å²) in [5, 5.41) is 4.60. The Kier molecular flexibility index (Phi) is 4.22. The molecule has 21 heavy (non-hydrogen) atoms. The highest BCUT2D eigenvalue weighted by atomic mass is 16.5. The number of benzene rings is 2. The van der Waals surface area contributed by atoms with E-state index in [1.54, 1.807) is 7.11 Å². The van der Waals surface area contributed by atoms with Crippen molar-refractivity contribution in [3.05, 3.63) is 65.9 Å². The minimum atomic E-state index is 0.788. The number of nitrogens with one attached hydrogen (secondary N) is 1. The van der Waals surface area contributed by atoms with Gasteiger partial charge < -0.3 is 14.5 Å². The summed E-state index contributed by atoms with van der Waals surface area (Å²) in [6, 6.07) is 16.4. The summed E-state index contributed by atoms with van der Waals surface area (Å²) >= 11 is 0. The van der Waals surface area contributed by atoms with Crippen LogP contribution < -0.4 is 10.1 Å². The maximum atomic E-state index is 5.63. The molecule has 108 valence electrons. The molecule has 1 aromatic heterocycles. The van der Waals surface area contributed by atoms with E-state index in [-0.39, 0.29) is 0 Å². The lowest BCUT2D eigenvalue weighted by Crippen LogP contribution is -2.16. The number of methoxy groups -OCH3 is 1. The maximum absolute atomic E-state index is 5.63. The number of fused-ring (bicyclic) bond motifs is 1. The molecule has 3 heteroatoms. The first-order chi connectivity index (χ1) is 10.4. The maximum Gasteiger partial charge on any atom is 0.175 e. The highest BCUT2D eigenvalue weighted by Crippen LogP contribution is 2.29. The van der Waals surface area contributed by atoms with Crippen molar-refractivity contribution in [1.29, 1.82) is 0 Å². The lowest BCUT2D eigenvalue weighted by atomic mass is 10.1. The average Bonchev–Trinajstić information content (AvgIpc) is 2.96. The van der Waals surface area contributed by atoms with E-state index >= 15 is 0 Å². The zero-order valence-corrected chi connectivity index (χ0v) is 12.1. The molecule has 0 aliphatic carbocycles. The van der Waals surface area contributed by atoms with E-state index in [4.69, 9.17) is 9.15 Å². The van der Waals surface area contributed by atoms with E-state index in [2.05, 4.69) is 35.6 Å². The summed E-state index contributed by atoms with van der Waals surface area (Å²) in [6.45, 7) is 1.81. The first-order valence-corrected chi connectivity index (χ1v) is 7.16. The molecule has 0 radical (unpaired) electrons. The van der Waals surface area contributed by atoms with Gasteiger partial charge in [0.05, 0.1) is 13.4 Å². The van der Waals surface area contributed by atoms with Crippen molar-refractivity contribution in [3.8, 4) is 5.75 Å². The van der Waals surface area contributed by atoms with Crippen molar-refractivity contribution < 1.29 is 9.15 Å². The minimum Gasteiger partial charge on any atom is -0.493 e. The molecule has 3 rings (SSSR count). The fourth-order valence-electron chi connectivity index (χ4n) is 2.49. The van der Waals surface area contributed by atoms with Crippen LogP contribution >= 0.6 is 0 Å². The van der Waals surface area contributed by atoms with Crippen LogP contribution in [0.3, 0.4) is 0 Å². The monoisotopic (exact) mass is 281 g/mol. The zero-order valence-electron chi connectivity index (χ0n) is 12.1. The van der Waals surface area contributed by atoms with Gasteiger partial charge in [-0.25, -0.2) is 0 Å². The molecule has 3 nitrogen and oxygen atoms in total. The Bertz CT molecular complexity index is 704. The lowest BCUT2D eigenvalue weighted by molar-refractivity contribution is 0.410. The molecule has 3 aromatic rings. The summed E-state index contributed by atoms with van der Waals surface area (Å²) < 4.78 is 10.9. The van der Waals surface area contributed by atoms with Crippen LogP contribution in [0.15, 0.2) is 59.2 Å². The van der Waals surface area contributed by atoms with E-state index in [0.29, 0.717) is 0 Å². The fourth-order valence-corrected chi connectivity index (χ4v) is 2.49. The molecule has 0 amide bonds. The van der Waals surface area contributed by atoms with E-state index in [1.807, 2.05) is 24.5 Å². The molecule has 0 aliphatic rings. The lowest BCUT2D eigenvalue weighted by Gasteiger charge is -2.04. The number of rotatable bonds is 6. The van der Waals surface area contributed by atoms with Crippen molar-refractivity contribution in [2.24, 2.45) is 0 Å². The van der Waals surface area contributed by atoms with Crippen molar-refractivity contribution in [1.82, 2.24) is 5.32 Å². The zero-order chi connectivity index (χ0) is 14.5. The van der Waals surface area contributed by atoms with E-state index in [0.717, 1.165) is 36.2 Å². The second-order valence-corrected chi connectivity index (χ2v) is 5.01. The van der Waals surface area contributed by atoms with Gasteiger partial charge >= 0.3 is 0 Å². The van der Waals surface area contributed by atoms with E-state index in [9.17, 15) is 0 Å². The van der Waals surface area contributed by atoms with E-state index in [1.165, 1.54) is 11.1 Å². The average molecular weight is 281 g/mol. The van der Waals surface area contributed by atoms with Crippen LogP contribution in [-0.2, 0) is 13.0 Å². The predicted molar refractivity (Wildman–Crippen MR) is 84.6 cm³/mol. The summed E-state index contributed by atoms with van der Waals surface area (Å²) in [4.78, 5) is 0. The first-order valence-electron chi connectivity index (χ1n) is 7.16. The second kappa shape index (κ2) is 6.46. The Morgan fingerprint density at radius 1 is 1.05 bits per heavy atom. The SMILES string of the molecule is COc1cccc2c(CCNCc3ccccc3)coc12. The van der Waals surface area contributed by atoms with Gasteiger partial charge in [0.1, 0.15) is 0 Å². The summed E-state index contributed by atoms with van der Waals surface area (Å²) in [7, 11) is 1.67. The molecule has 0 atom stereocenters. The number of furan rings is 1. The molecule has 0 spiro atoms. The van der Waals surface area contributed by atoms with Crippen molar-refractivity contribution in [2.75, 3.05) is 13.7 Å². The predicted octanol–water partition coefficient (Wildman–Crippen LogP) is 3.77. The molecular weight excluding hydrogens is 262 g/mol. The summed E-state index contributed by atoms with van der Waals surface area (Å²) in [6.07, 6.45) is 2.77. The van der Waals surface area contributed by atoms with Crippen molar-refractivity contribution in [2.45, 2.75) is 13.0 Å². The van der Waals surface area contributed by atoms with Gasteiger partial charge in [-0.15, -0.1) is 0 Å². The molecule has 0 bridgehead atoms. The largest absolute Gasteiger partial charge is 0.493 e. The molecule has 2 aromatic carbocycles. The molecule has 1 N–H and O–H groups in total. The third kappa shape index (κ3) is 3.09. The number of ether oxygens (including phenoxy) is 1. The van der Waals surface area contributed by atoms with Crippen LogP contribution in [0.5, 0.6) is 5.75 Å². The third-order valence-corrected chi connectivity index (χ3v) is 3.61. The van der Waals surface area contributed by atoms with Crippen LogP contribution in [0.4, 0.5) is 0 Å². The third-order valence-electron chi connectivity index (χ3n) is 3.61. The Morgan fingerprint density at radius 2 is 1.90 bits per heavy atom. The molecule has 1 heterocycles. The molecule has 0 saturated heterocycles. The summed E-state index contributed by atoms with van der Waals surface area (Å²) in [5.41, 5.74) is 3.35. The van der Waals surface area contributed by atoms with Gasteiger partial charge in [0.2, 0.25) is 0 Å². The van der Waals surface area contributed by atoms with Crippen LogP contribution in [0.25, 0.3) is 11.0 Å². The van der Waals surface area contributed by atoms with Crippen molar-refractivity contribution >= 4 is 11.0 Å². The quantitative estimate of drug-likeness (QED) is 0.698. The topological polar surface area (TPSA) is 34.4 Å². The van der Waals surface area contributed by atoms with Crippen LogP contribution in [-0.4, -0.2) is 13.7 Å². The molecule has 0 fully saturated rings. The van der Waals surface area contributed by atoms with Crippen LogP contribution in [0.1, 0.15) is 11.1 Å². The number of para-hydroxylation sites is 1. The fraction of sp³-hybridized carbons (Fsp3) is 0.222. The Balaban J connectivity index is 1.61. The number of hydrogen-bond acceptors (Lipinski definition) is 3.